The molecule has 0 aliphatic carbocycles. The molecule has 18 heavy (non-hydrogen) atoms. The van der Waals surface area contributed by atoms with Crippen LogP contribution >= 0.6 is 0 Å². The zero-order chi connectivity index (χ0) is 12.8. The van der Waals surface area contributed by atoms with Gasteiger partial charge in [-0.3, -0.25) is 9.69 Å². The molecular formula is C15H21NO2. The summed E-state index contributed by atoms with van der Waals surface area (Å²) in [7, 11) is 0. The van der Waals surface area contributed by atoms with E-state index in [0.29, 0.717) is 18.9 Å². The zero-order valence-electron chi connectivity index (χ0n) is 11.0. The number of carbonyl (C=O) groups is 1. The number of rotatable bonds is 6. The normalized spacial score (nSPS) is 19.3. The molecule has 1 fully saturated rings. The fourth-order valence-corrected chi connectivity index (χ4v) is 2.26. The fraction of sp³-hybridized carbons (Fsp3) is 0.533. The van der Waals surface area contributed by atoms with Crippen LogP contribution in [0.25, 0.3) is 0 Å². The molecule has 1 heterocycles. The lowest BCUT2D eigenvalue weighted by atomic mass is 10.0. The Balaban J connectivity index is 1.87. The first-order valence-electron chi connectivity index (χ1n) is 6.66. The molecule has 98 valence electrons. The first kappa shape index (κ1) is 13.2. The SMILES string of the molecule is CCN(CC(=O)C1CCOC1)Cc1ccccc1. The Morgan fingerprint density at radius 1 is 1.39 bits per heavy atom. The lowest BCUT2D eigenvalue weighted by Gasteiger charge is -2.21. The Hall–Kier alpha value is -1.19. The van der Waals surface area contributed by atoms with Gasteiger partial charge in [0.2, 0.25) is 0 Å². The Morgan fingerprint density at radius 2 is 2.17 bits per heavy atom. The minimum Gasteiger partial charge on any atom is -0.381 e. The molecule has 1 aromatic rings. The van der Waals surface area contributed by atoms with Crippen LogP contribution in [0.5, 0.6) is 0 Å². The highest BCUT2D eigenvalue weighted by Crippen LogP contribution is 2.14. The van der Waals surface area contributed by atoms with Crippen molar-refractivity contribution in [2.24, 2.45) is 5.92 Å². The molecule has 3 heteroatoms. The number of Topliss-reactive ketones (excluding diaryl/α,β-unsaturated/α-hetero) is 1. The summed E-state index contributed by atoms with van der Waals surface area (Å²) in [6.07, 6.45) is 0.891. The maximum absolute atomic E-state index is 12.1. The van der Waals surface area contributed by atoms with Gasteiger partial charge in [-0.05, 0) is 18.5 Å². The van der Waals surface area contributed by atoms with E-state index in [0.717, 1.165) is 26.1 Å². The molecule has 1 unspecified atom stereocenters. The molecule has 0 spiro atoms. The van der Waals surface area contributed by atoms with Gasteiger partial charge in [0, 0.05) is 19.1 Å². The maximum Gasteiger partial charge on any atom is 0.152 e. The zero-order valence-corrected chi connectivity index (χ0v) is 11.0. The van der Waals surface area contributed by atoms with Gasteiger partial charge in [0.1, 0.15) is 0 Å². The third-order valence-electron chi connectivity index (χ3n) is 3.46. The van der Waals surface area contributed by atoms with E-state index >= 15 is 0 Å². The highest BCUT2D eigenvalue weighted by Gasteiger charge is 2.24. The van der Waals surface area contributed by atoms with Crippen molar-refractivity contribution in [1.82, 2.24) is 4.90 Å². The van der Waals surface area contributed by atoms with Gasteiger partial charge in [-0.15, -0.1) is 0 Å². The maximum atomic E-state index is 12.1. The van der Waals surface area contributed by atoms with Crippen LogP contribution in [0.4, 0.5) is 0 Å². The van der Waals surface area contributed by atoms with Gasteiger partial charge in [-0.1, -0.05) is 37.3 Å². The summed E-state index contributed by atoms with van der Waals surface area (Å²) in [5.74, 6) is 0.445. The van der Waals surface area contributed by atoms with Crippen LogP contribution in [0.2, 0.25) is 0 Å². The van der Waals surface area contributed by atoms with Gasteiger partial charge in [0.25, 0.3) is 0 Å². The molecular weight excluding hydrogens is 226 g/mol. The number of nitrogens with zero attached hydrogens (tertiary/aromatic N) is 1. The van der Waals surface area contributed by atoms with Crippen molar-refractivity contribution < 1.29 is 9.53 Å². The smallest absolute Gasteiger partial charge is 0.152 e. The van der Waals surface area contributed by atoms with Crippen molar-refractivity contribution in [3.63, 3.8) is 0 Å². The number of ketones is 1. The van der Waals surface area contributed by atoms with E-state index in [9.17, 15) is 4.79 Å². The second kappa shape index (κ2) is 6.66. The summed E-state index contributed by atoms with van der Waals surface area (Å²) in [5, 5.41) is 0. The average Bonchev–Trinajstić information content (AvgIpc) is 2.93. The van der Waals surface area contributed by atoms with Crippen molar-refractivity contribution in [2.75, 3.05) is 26.3 Å². The summed E-state index contributed by atoms with van der Waals surface area (Å²) in [5.41, 5.74) is 1.26. The number of ether oxygens (including phenoxy) is 1. The first-order valence-corrected chi connectivity index (χ1v) is 6.66. The summed E-state index contributed by atoms with van der Waals surface area (Å²) in [4.78, 5) is 14.3. The fourth-order valence-electron chi connectivity index (χ4n) is 2.26. The molecule has 0 amide bonds. The summed E-state index contributed by atoms with van der Waals surface area (Å²) >= 11 is 0. The Kier molecular flexibility index (Phi) is 4.90. The van der Waals surface area contributed by atoms with Gasteiger partial charge in [0.05, 0.1) is 13.2 Å². The predicted molar refractivity (Wildman–Crippen MR) is 71.3 cm³/mol. The summed E-state index contributed by atoms with van der Waals surface area (Å²) in [6.45, 7) is 5.73. The van der Waals surface area contributed by atoms with Crippen molar-refractivity contribution in [1.29, 1.82) is 0 Å². The van der Waals surface area contributed by atoms with Crippen LogP contribution in [0, 0.1) is 5.92 Å². The third kappa shape index (κ3) is 3.65. The second-order valence-corrected chi connectivity index (χ2v) is 4.82. The van der Waals surface area contributed by atoms with Crippen LogP contribution in [-0.4, -0.2) is 37.0 Å². The highest BCUT2D eigenvalue weighted by atomic mass is 16.5. The molecule has 0 radical (unpaired) electrons. The monoisotopic (exact) mass is 247 g/mol. The molecule has 1 aliphatic heterocycles. The lowest BCUT2D eigenvalue weighted by Crippen LogP contribution is -2.33. The van der Waals surface area contributed by atoms with Crippen LogP contribution in [0.1, 0.15) is 18.9 Å². The molecule has 1 saturated heterocycles. The van der Waals surface area contributed by atoms with E-state index in [2.05, 4.69) is 24.0 Å². The average molecular weight is 247 g/mol. The van der Waals surface area contributed by atoms with Crippen molar-refractivity contribution in [2.45, 2.75) is 19.9 Å². The first-order chi connectivity index (χ1) is 8.79. The number of hydrogen-bond acceptors (Lipinski definition) is 3. The summed E-state index contributed by atoms with van der Waals surface area (Å²) < 4.78 is 5.27. The standard InChI is InChI=1S/C15H21NO2/c1-2-16(10-13-6-4-3-5-7-13)11-15(17)14-8-9-18-12-14/h3-7,14H,2,8-12H2,1H3. The molecule has 1 aromatic carbocycles. The van der Waals surface area contributed by atoms with Crippen molar-refractivity contribution >= 4 is 5.78 Å². The van der Waals surface area contributed by atoms with Gasteiger partial charge in [-0.2, -0.15) is 0 Å². The summed E-state index contributed by atoms with van der Waals surface area (Å²) in [6, 6.07) is 10.3. The molecule has 0 bridgehead atoms. The topological polar surface area (TPSA) is 29.5 Å². The van der Waals surface area contributed by atoms with Crippen molar-refractivity contribution in [3.05, 3.63) is 35.9 Å². The number of carbonyl (C=O) groups excluding carboxylic acids is 1. The van der Waals surface area contributed by atoms with E-state index < -0.39 is 0 Å². The molecule has 1 aliphatic rings. The Labute approximate surface area is 109 Å². The minimum absolute atomic E-state index is 0.120. The molecule has 0 saturated carbocycles. The number of hydrogen-bond donors (Lipinski definition) is 0. The molecule has 0 aromatic heterocycles. The van der Waals surface area contributed by atoms with E-state index in [1.807, 2.05) is 18.2 Å². The van der Waals surface area contributed by atoms with Gasteiger partial charge in [-0.25, -0.2) is 0 Å². The quantitative estimate of drug-likeness (QED) is 0.771. The molecule has 0 N–H and O–H groups in total. The van der Waals surface area contributed by atoms with Crippen LogP contribution in [-0.2, 0) is 16.1 Å². The van der Waals surface area contributed by atoms with Gasteiger partial charge < -0.3 is 4.74 Å². The molecule has 3 nitrogen and oxygen atoms in total. The highest BCUT2D eigenvalue weighted by molar-refractivity contribution is 5.83. The van der Waals surface area contributed by atoms with Gasteiger partial charge >= 0.3 is 0 Å². The third-order valence-corrected chi connectivity index (χ3v) is 3.46. The molecule has 1 atom stereocenters. The largest absolute Gasteiger partial charge is 0.381 e. The minimum atomic E-state index is 0.120. The van der Waals surface area contributed by atoms with Gasteiger partial charge in [0.15, 0.2) is 5.78 Å². The van der Waals surface area contributed by atoms with E-state index in [1.54, 1.807) is 0 Å². The number of likely N-dealkylation sites (N-methyl/N-ethyl adjacent to an activating group) is 1. The Bertz CT molecular complexity index is 371. The molecule has 2 rings (SSSR count). The van der Waals surface area contributed by atoms with E-state index in [-0.39, 0.29) is 5.92 Å². The Morgan fingerprint density at radius 3 is 2.78 bits per heavy atom. The van der Waals surface area contributed by atoms with E-state index in [1.165, 1.54) is 5.56 Å². The van der Waals surface area contributed by atoms with Crippen molar-refractivity contribution in [3.8, 4) is 0 Å². The predicted octanol–water partition coefficient (Wildman–Crippen LogP) is 2.11. The number of benzene rings is 1. The lowest BCUT2D eigenvalue weighted by molar-refractivity contribution is -0.124. The van der Waals surface area contributed by atoms with E-state index in [4.69, 9.17) is 4.74 Å². The van der Waals surface area contributed by atoms with Crippen LogP contribution < -0.4 is 0 Å². The second-order valence-electron chi connectivity index (χ2n) is 4.82. The van der Waals surface area contributed by atoms with Crippen LogP contribution in [0.15, 0.2) is 30.3 Å². The van der Waals surface area contributed by atoms with Crippen LogP contribution in [0.3, 0.4) is 0 Å².